The van der Waals surface area contributed by atoms with Gasteiger partial charge in [0.15, 0.2) is 0 Å². The Hall–Kier alpha value is -3.28. The predicted octanol–water partition coefficient (Wildman–Crippen LogP) is 6.33. The van der Waals surface area contributed by atoms with E-state index < -0.39 is 56.9 Å². The fourth-order valence-electron chi connectivity index (χ4n) is 4.28. The first-order valence-corrected chi connectivity index (χ1v) is 15.9. The molecule has 0 aliphatic carbocycles. The van der Waals surface area contributed by atoms with Crippen molar-refractivity contribution >= 4 is 50.7 Å². The SMILES string of the molecule is CC[C@@H](C)NC(=O)[C@H](Cc1ccccc1)N(Cc1ccc(Cl)cc1)C(=O)CN(c1ccc(Cl)c(C(F)(F)F)c1)S(C)(=O)=O. The Morgan fingerprint density at radius 1 is 0.953 bits per heavy atom. The molecule has 232 valence electrons. The number of carbonyl (C=O) groups is 2. The molecule has 0 fully saturated rings. The molecule has 3 aromatic carbocycles. The van der Waals surface area contributed by atoms with Gasteiger partial charge < -0.3 is 10.2 Å². The molecule has 2 atom stereocenters. The van der Waals surface area contributed by atoms with E-state index in [1.807, 2.05) is 13.8 Å². The molecule has 43 heavy (non-hydrogen) atoms. The lowest BCUT2D eigenvalue weighted by atomic mass is 10.0. The number of anilines is 1. The van der Waals surface area contributed by atoms with Crippen molar-refractivity contribution in [2.24, 2.45) is 0 Å². The Labute approximate surface area is 259 Å². The van der Waals surface area contributed by atoms with E-state index in [9.17, 15) is 31.2 Å². The maximum Gasteiger partial charge on any atom is 0.417 e. The van der Waals surface area contributed by atoms with Crippen LogP contribution in [0.25, 0.3) is 0 Å². The van der Waals surface area contributed by atoms with Gasteiger partial charge in [0.25, 0.3) is 0 Å². The van der Waals surface area contributed by atoms with E-state index in [1.54, 1.807) is 54.6 Å². The highest BCUT2D eigenvalue weighted by Crippen LogP contribution is 2.37. The minimum absolute atomic E-state index is 0.0977. The topological polar surface area (TPSA) is 86.8 Å². The number of amides is 2. The summed E-state index contributed by atoms with van der Waals surface area (Å²) in [6, 6.07) is 16.8. The van der Waals surface area contributed by atoms with E-state index in [2.05, 4.69) is 5.32 Å². The highest BCUT2D eigenvalue weighted by atomic mass is 35.5. The van der Waals surface area contributed by atoms with Crippen molar-refractivity contribution in [2.45, 2.75) is 51.5 Å². The molecule has 0 aliphatic heterocycles. The standard InChI is InChI=1S/C30H32Cl2F3N3O4S/c1-4-20(2)36-29(40)27(16-21-8-6-5-7-9-21)37(18-22-10-12-23(31)13-11-22)28(39)19-38(43(3,41)42)24-14-15-26(32)25(17-24)30(33,34)35/h5-15,17,20,27H,4,16,18-19H2,1-3H3,(H,36,40)/t20-,27+/m1/s1. The number of nitrogens with zero attached hydrogens (tertiary/aromatic N) is 2. The summed E-state index contributed by atoms with van der Waals surface area (Å²) < 4.78 is 67.1. The van der Waals surface area contributed by atoms with Gasteiger partial charge in [-0.25, -0.2) is 8.42 Å². The first kappa shape index (κ1) is 34.2. The molecule has 3 rings (SSSR count). The first-order valence-electron chi connectivity index (χ1n) is 13.3. The molecule has 0 aromatic heterocycles. The summed E-state index contributed by atoms with van der Waals surface area (Å²) in [4.78, 5) is 28.9. The third-order valence-corrected chi connectivity index (χ3v) is 8.48. The van der Waals surface area contributed by atoms with Crippen LogP contribution in [0.15, 0.2) is 72.8 Å². The summed E-state index contributed by atoms with van der Waals surface area (Å²) in [6.45, 7) is 2.73. The van der Waals surface area contributed by atoms with Crippen molar-refractivity contribution in [1.82, 2.24) is 10.2 Å². The zero-order valence-electron chi connectivity index (χ0n) is 23.7. The van der Waals surface area contributed by atoms with Gasteiger partial charge in [-0.15, -0.1) is 0 Å². The summed E-state index contributed by atoms with van der Waals surface area (Å²) in [5, 5.41) is 2.73. The van der Waals surface area contributed by atoms with Gasteiger partial charge >= 0.3 is 6.18 Å². The number of nitrogens with one attached hydrogen (secondary N) is 1. The molecule has 2 amide bonds. The zero-order valence-corrected chi connectivity index (χ0v) is 26.1. The lowest BCUT2D eigenvalue weighted by Crippen LogP contribution is -2.54. The number of benzene rings is 3. The van der Waals surface area contributed by atoms with Crippen LogP contribution in [0, 0.1) is 0 Å². The second-order valence-corrected chi connectivity index (χ2v) is 12.9. The third kappa shape index (κ3) is 9.61. The van der Waals surface area contributed by atoms with Crippen molar-refractivity contribution in [3.05, 3.63) is 99.5 Å². The molecule has 7 nitrogen and oxygen atoms in total. The molecule has 3 aromatic rings. The van der Waals surface area contributed by atoms with Crippen molar-refractivity contribution in [3.63, 3.8) is 0 Å². The average molecular weight is 659 g/mol. The Morgan fingerprint density at radius 3 is 2.14 bits per heavy atom. The van der Waals surface area contributed by atoms with Crippen molar-refractivity contribution < 1.29 is 31.2 Å². The maximum absolute atomic E-state index is 14.1. The lowest BCUT2D eigenvalue weighted by molar-refractivity contribution is -0.140. The van der Waals surface area contributed by atoms with Gasteiger partial charge in [0.2, 0.25) is 21.8 Å². The second-order valence-electron chi connectivity index (χ2n) is 10.1. The van der Waals surface area contributed by atoms with Crippen LogP contribution < -0.4 is 9.62 Å². The number of hydrogen-bond acceptors (Lipinski definition) is 4. The number of rotatable bonds is 12. The fraction of sp³-hybridized carbons (Fsp3) is 0.333. The summed E-state index contributed by atoms with van der Waals surface area (Å²) >= 11 is 11.8. The highest BCUT2D eigenvalue weighted by Gasteiger charge is 2.36. The minimum Gasteiger partial charge on any atom is -0.352 e. The van der Waals surface area contributed by atoms with E-state index in [1.165, 1.54) is 4.90 Å². The summed E-state index contributed by atoms with van der Waals surface area (Å²) in [5.41, 5.74) is -0.305. The molecular weight excluding hydrogens is 626 g/mol. The van der Waals surface area contributed by atoms with E-state index in [4.69, 9.17) is 23.2 Å². The molecule has 0 radical (unpaired) electrons. The van der Waals surface area contributed by atoms with Crippen LogP contribution >= 0.6 is 23.2 Å². The monoisotopic (exact) mass is 657 g/mol. The van der Waals surface area contributed by atoms with Gasteiger partial charge in [0.1, 0.15) is 12.6 Å². The first-order chi connectivity index (χ1) is 20.1. The van der Waals surface area contributed by atoms with Gasteiger partial charge in [0.05, 0.1) is 22.5 Å². The fourth-order valence-corrected chi connectivity index (χ4v) is 5.47. The van der Waals surface area contributed by atoms with Crippen LogP contribution in [-0.2, 0) is 38.8 Å². The Morgan fingerprint density at radius 2 is 1.58 bits per heavy atom. The van der Waals surface area contributed by atoms with Crippen LogP contribution in [0.3, 0.4) is 0 Å². The molecule has 0 saturated carbocycles. The second kappa shape index (κ2) is 14.5. The molecule has 1 N–H and O–H groups in total. The zero-order chi connectivity index (χ0) is 31.9. The van der Waals surface area contributed by atoms with Crippen molar-refractivity contribution in [2.75, 3.05) is 17.1 Å². The number of hydrogen-bond donors (Lipinski definition) is 1. The Balaban J connectivity index is 2.10. The van der Waals surface area contributed by atoms with E-state index in [0.717, 1.165) is 24.0 Å². The summed E-state index contributed by atoms with van der Waals surface area (Å²) in [7, 11) is -4.27. The normalized spacial score (nSPS) is 13.2. The van der Waals surface area contributed by atoms with Crippen LogP contribution in [0.5, 0.6) is 0 Å². The van der Waals surface area contributed by atoms with Gasteiger partial charge in [-0.1, -0.05) is 72.6 Å². The lowest BCUT2D eigenvalue weighted by Gasteiger charge is -2.34. The number of carbonyl (C=O) groups excluding carboxylic acids is 2. The average Bonchev–Trinajstić information content (AvgIpc) is 2.94. The van der Waals surface area contributed by atoms with Gasteiger partial charge in [-0.2, -0.15) is 13.2 Å². The quantitative estimate of drug-likeness (QED) is 0.247. The van der Waals surface area contributed by atoms with Crippen LogP contribution in [0.4, 0.5) is 18.9 Å². The van der Waals surface area contributed by atoms with E-state index >= 15 is 0 Å². The number of alkyl halides is 3. The third-order valence-electron chi connectivity index (χ3n) is 6.76. The van der Waals surface area contributed by atoms with Crippen LogP contribution in [-0.4, -0.2) is 50.0 Å². The molecule has 0 bridgehead atoms. The van der Waals surface area contributed by atoms with Crippen molar-refractivity contribution in [3.8, 4) is 0 Å². The highest BCUT2D eigenvalue weighted by molar-refractivity contribution is 7.92. The predicted molar refractivity (Wildman–Crippen MR) is 162 cm³/mol. The molecule has 0 aliphatic rings. The van der Waals surface area contributed by atoms with Gasteiger partial charge in [-0.05, 0) is 54.8 Å². The maximum atomic E-state index is 14.1. The van der Waals surface area contributed by atoms with Crippen molar-refractivity contribution in [1.29, 1.82) is 0 Å². The smallest absolute Gasteiger partial charge is 0.352 e. The molecule has 0 unspecified atom stereocenters. The minimum atomic E-state index is -4.87. The molecular formula is C30H32Cl2F3N3O4S. The Kier molecular flexibility index (Phi) is 11.5. The van der Waals surface area contributed by atoms with Gasteiger partial charge in [0, 0.05) is 24.0 Å². The molecule has 13 heteroatoms. The molecule has 0 saturated heterocycles. The summed E-state index contributed by atoms with van der Waals surface area (Å²) in [5.74, 6) is -1.26. The Bertz CT molecular complexity index is 1520. The summed E-state index contributed by atoms with van der Waals surface area (Å²) in [6.07, 6.45) is -3.37. The molecule has 0 heterocycles. The van der Waals surface area contributed by atoms with E-state index in [-0.39, 0.29) is 19.0 Å². The largest absolute Gasteiger partial charge is 0.417 e. The van der Waals surface area contributed by atoms with Crippen LogP contribution in [0.1, 0.15) is 37.0 Å². The number of halogens is 5. The van der Waals surface area contributed by atoms with E-state index in [0.29, 0.717) is 27.4 Å². The molecule has 0 spiro atoms. The van der Waals surface area contributed by atoms with Crippen LogP contribution in [0.2, 0.25) is 10.0 Å². The van der Waals surface area contributed by atoms with Gasteiger partial charge in [-0.3, -0.25) is 13.9 Å². The number of sulfonamides is 1.